The van der Waals surface area contributed by atoms with Gasteiger partial charge in [-0.05, 0) is 53.0 Å². The number of carboxylic acids is 2. The highest BCUT2D eigenvalue weighted by molar-refractivity contribution is 5.95. The van der Waals surface area contributed by atoms with Crippen LogP contribution in [0.1, 0.15) is 53.0 Å². The summed E-state index contributed by atoms with van der Waals surface area (Å²) in [7, 11) is 0. The fourth-order valence-electron chi connectivity index (χ4n) is 3.35. The maximum atomic E-state index is 11.3. The topological polar surface area (TPSA) is 133 Å². The normalized spacial score (nSPS) is 16.0. The number of nitrogens with two attached hydrogens (primary N) is 1. The van der Waals surface area contributed by atoms with Crippen molar-refractivity contribution in [1.82, 2.24) is 0 Å². The van der Waals surface area contributed by atoms with E-state index in [0.29, 0.717) is 11.4 Å². The van der Waals surface area contributed by atoms with Crippen LogP contribution in [-0.4, -0.2) is 27.3 Å². The Hall–Kier alpha value is -3.74. The van der Waals surface area contributed by atoms with Crippen molar-refractivity contribution in [3.63, 3.8) is 0 Å². The Morgan fingerprint density at radius 3 is 2.00 bits per heavy atom. The van der Waals surface area contributed by atoms with Crippen LogP contribution in [0.25, 0.3) is 0 Å². The van der Waals surface area contributed by atoms with E-state index in [1.54, 1.807) is 12.1 Å². The number of allylic oxidation sites excluding steroid dienone is 3. The number of rotatable bonds is 5. The van der Waals surface area contributed by atoms with Crippen molar-refractivity contribution in [2.45, 2.75) is 26.7 Å². The molecule has 0 saturated carbocycles. The molecular weight excluding hydrogens is 384 g/mol. The van der Waals surface area contributed by atoms with Crippen LogP contribution in [0.3, 0.4) is 0 Å². The lowest BCUT2D eigenvalue weighted by atomic mass is 9.86. The van der Waals surface area contributed by atoms with Crippen LogP contribution in [0.5, 0.6) is 5.75 Å². The molecule has 0 spiro atoms. The van der Waals surface area contributed by atoms with Crippen molar-refractivity contribution in [3.05, 3.63) is 76.5 Å². The van der Waals surface area contributed by atoms with Gasteiger partial charge in [0.1, 0.15) is 5.75 Å². The number of benzene rings is 2. The number of anilines is 2. The number of aromatic carboxylic acids is 2. The van der Waals surface area contributed by atoms with E-state index in [4.69, 9.17) is 5.73 Å². The number of aromatic hydroxyl groups is 1. The van der Waals surface area contributed by atoms with Crippen molar-refractivity contribution in [2.24, 2.45) is 11.1 Å². The first kappa shape index (κ1) is 21.0. The highest BCUT2D eigenvalue weighted by atomic mass is 16.4. The summed E-state index contributed by atoms with van der Waals surface area (Å²) >= 11 is 0. The van der Waals surface area contributed by atoms with Crippen molar-refractivity contribution in [3.8, 4) is 5.75 Å². The predicted octanol–water partition coefficient (Wildman–Crippen LogP) is 4.44. The quantitative estimate of drug-likeness (QED) is 0.494. The van der Waals surface area contributed by atoms with Crippen LogP contribution in [0.15, 0.2) is 59.8 Å². The van der Waals surface area contributed by atoms with E-state index in [-0.39, 0.29) is 33.9 Å². The van der Waals surface area contributed by atoms with Crippen LogP contribution in [-0.2, 0) is 0 Å². The Kier molecular flexibility index (Phi) is 5.31. The van der Waals surface area contributed by atoms with Gasteiger partial charge in [0.05, 0.1) is 11.1 Å². The van der Waals surface area contributed by atoms with E-state index in [9.17, 15) is 24.9 Å². The Morgan fingerprint density at radius 1 is 0.933 bits per heavy atom. The number of carboxylic acid groups (broad SMARTS) is 2. The molecule has 7 heteroatoms. The molecule has 156 valence electrons. The third kappa shape index (κ3) is 4.46. The molecular formula is C23H24N2O5. The fraction of sp³-hybridized carbons (Fsp3) is 0.217. The average molecular weight is 408 g/mol. The average Bonchev–Trinajstić information content (AvgIpc) is 3.03. The van der Waals surface area contributed by atoms with Gasteiger partial charge in [-0.25, -0.2) is 9.59 Å². The zero-order chi connectivity index (χ0) is 22.2. The summed E-state index contributed by atoms with van der Waals surface area (Å²) in [6.45, 7) is 6.28. The number of phenolic OH excluding ortho intramolecular Hbond substituents is 1. The first-order chi connectivity index (χ1) is 13.9. The lowest BCUT2D eigenvalue weighted by Crippen LogP contribution is -2.06. The van der Waals surface area contributed by atoms with Gasteiger partial charge in [-0.15, -0.1) is 0 Å². The minimum absolute atomic E-state index is 0.00764. The maximum Gasteiger partial charge on any atom is 0.335 e. The van der Waals surface area contributed by atoms with Gasteiger partial charge in [0.25, 0.3) is 0 Å². The lowest BCUT2D eigenvalue weighted by Gasteiger charge is -2.18. The zero-order valence-corrected chi connectivity index (χ0v) is 16.9. The molecule has 1 aliphatic carbocycles. The SMILES string of the molecule is CC(C)(C)C1=CC(c2cc(O)cc(Nc3cc(C(=O)O)cc(C(=O)O)c3)c2)C(N)=C1. The largest absolute Gasteiger partial charge is 0.508 e. The molecule has 6 N–H and O–H groups in total. The molecule has 1 unspecified atom stereocenters. The molecule has 2 aromatic rings. The monoisotopic (exact) mass is 408 g/mol. The molecule has 2 aromatic carbocycles. The molecule has 0 bridgehead atoms. The second kappa shape index (κ2) is 7.59. The molecule has 0 saturated heterocycles. The molecule has 1 atom stereocenters. The number of hydrogen-bond donors (Lipinski definition) is 5. The number of hydrogen-bond acceptors (Lipinski definition) is 5. The molecule has 7 nitrogen and oxygen atoms in total. The molecule has 0 aromatic heterocycles. The van der Waals surface area contributed by atoms with E-state index in [1.165, 1.54) is 18.2 Å². The van der Waals surface area contributed by atoms with Gasteiger partial charge in [-0.2, -0.15) is 0 Å². The van der Waals surface area contributed by atoms with Crippen LogP contribution in [0.4, 0.5) is 11.4 Å². The van der Waals surface area contributed by atoms with E-state index in [0.717, 1.165) is 17.2 Å². The van der Waals surface area contributed by atoms with Crippen LogP contribution in [0, 0.1) is 5.41 Å². The van der Waals surface area contributed by atoms with E-state index >= 15 is 0 Å². The van der Waals surface area contributed by atoms with Gasteiger partial charge in [0, 0.05) is 29.1 Å². The standard InChI is InChI=1S/C23H24N2O5/c1-23(2,3)15-9-19(20(24)10-15)12-5-17(11-18(26)8-12)25-16-6-13(21(27)28)4-14(7-16)22(29)30/h4-11,19,25-26H,24H2,1-3H3,(H,27,28)(H,29,30). The first-order valence-electron chi connectivity index (χ1n) is 9.36. The lowest BCUT2D eigenvalue weighted by molar-refractivity contribution is 0.0696. The molecule has 0 aliphatic heterocycles. The van der Waals surface area contributed by atoms with Crippen molar-refractivity contribution >= 4 is 23.3 Å². The highest BCUT2D eigenvalue weighted by Crippen LogP contribution is 2.40. The predicted molar refractivity (Wildman–Crippen MR) is 114 cm³/mol. The van der Waals surface area contributed by atoms with E-state index in [2.05, 4.69) is 32.2 Å². The van der Waals surface area contributed by atoms with Gasteiger partial charge >= 0.3 is 11.9 Å². The molecule has 0 heterocycles. The maximum absolute atomic E-state index is 11.3. The van der Waals surface area contributed by atoms with E-state index < -0.39 is 11.9 Å². The Balaban J connectivity index is 1.98. The second-order valence-corrected chi connectivity index (χ2v) is 8.34. The Bertz CT molecular complexity index is 1060. The summed E-state index contributed by atoms with van der Waals surface area (Å²) in [5.74, 6) is -2.66. The number of carbonyl (C=O) groups is 2. The molecule has 30 heavy (non-hydrogen) atoms. The minimum Gasteiger partial charge on any atom is -0.508 e. The number of phenols is 1. The molecule has 0 radical (unpaired) electrons. The minimum atomic E-state index is -1.23. The van der Waals surface area contributed by atoms with E-state index in [1.807, 2.05) is 6.08 Å². The first-order valence-corrected chi connectivity index (χ1v) is 9.36. The van der Waals surface area contributed by atoms with Crippen molar-refractivity contribution < 1.29 is 24.9 Å². The third-order valence-electron chi connectivity index (χ3n) is 4.91. The summed E-state index contributed by atoms with van der Waals surface area (Å²) in [6.07, 6.45) is 4.00. The summed E-state index contributed by atoms with van der Waals surface area (Å²) in [5, 5.41) is 31.7. The Labute approximate surface area is 174 Å². The van der Waals surface area contributed by atoms with Gasteiger partial charge in [-0.3, -0.25) is 0 Å². The summed E-state index contributed by atoms with van der Waals surface area (Å²) in [6, 6.07) is 8.64. The molecule has 0 fully saturated rings. The van der Waals surface area contributed by atoms with Crippen LogP contribution >= 0.6 is 0 Å². The second-order valence-electron chi connectivity index (χ2n) is 8.34. The molecule has 0 amide bonds. The number of nitrogens with one attached hydrogen (secondary N) is 1. The Morgan fingerprint density at radius 2 is 1.50 bits per heavy atom. The van der Waals surface area contributed by atoms with Crippen molar-refractivity contribution in [2.75, 3.05) is 5.32 Å². The zero-order valence-electron chi connectivity index (χ0n) is 16.9. The van der Waals surface area contributed by atoms with Crippen molar-refractivity contribution in [1.29, 1.82) is 0 Å². The van der Waals surface area contributed by atoms with Crippen LogP contribution in [0.2, 0.25) is 0 Å². The summed E-state index contributed by atoms with van der Waals surface area (Å²) in [4.78, 5) is 22.6. The summed E-state index contributed by atoms with van der Waals surface area (Å²) < 4.78 is 0. The van der Waals surface area contributed by atoms with Gasteiger partial charge < -0.3 is 26.4 Å². The summed E-state index contributed by atoms with van der Waals surface area (Å²) in [5.41, 5.74) is 9.15. The smallest absolute Gasteiger partial charge is 0.335 e. The van der Waals surface area contributed by atoms with Gasteiger partial charge in [-0.1, -0.05) is 26.8 Å². The van der Waals surface area contributed by atoms with Gasteiger partial charge in [0.15, 0.2) is 0 Å². The van der Waals surface area contributed by atoms with Gasteiger partial charge in [0.2, 0.25) is 0 Å². The molecule has 3 rings (SSSR count). The van der Waals surface area contributed by atoms with Crippen LogP contribution < -0.4 is 11.1 Å². The highest BCUT2D eigenvalue weighted by Gasteiger charge is 2.26. The fourth-order valence-corrected chi connectivity index (χ4v) is 3.35. The molecule has 1 aliphatic rings. The third-order valence-corrected chi connectivity index (χ3v) is 4.91.